The van der Waals surface area contributed by atoms with E-state index in [-0.39, 0.29) is 11.7 Å². The highest BCUT2D eigenvalue weighted by Gasteiger charge is 2.30. The van der Waals surface area contributed by atoms with Crippen LogP contribution in [-0.4, -0.2) is 40.3 Å². The number of piperidine rings is 1. The molecule has 1 N–H and O–H groups in total. The number of alkyl halides is 2. The number of hydrogen-bond donors (Lipinski definition) is 1. The van der Waals surface area contributed by atoms with Gasteiger partial charge in [-0.05, 0) is 49.2 Å². The van der Waals surface area contributed by atoms with Crippen LogP contribution in [0, 0.1) is 0 Å². The lowest BCUT2D eigenvalue weighted by atomic mass is 10.0. The van der Waals surface area contributed by atoms with Crippen molar-refractivity contribution in [1.82, 2.24) is 15.2 Å². The van der Waals surface area contributed by atoms with Gasteiger partial charge < -0.3 is 15.0 Å². The first-order valence-electron chi connectivity index (χ1n) is 8.98. The molecule has 3 heterocycles. The van der Waals surface area contributed by atoms with E-state index in [0.29, 0.717) is 28.8 Å². The maximum Gasteiger partial charge on any atom is 0.387 e. The van der Waals surface area contributed by atoms with E-state index in [2.05, 4.69) is 25.2 Å². The first-order valence-corrected chi connectivity index (χ1v) is 9.79. The SMILES string of the molecule is O=C1C(Nc2nnc(-c3ccccn3)s2)CCCN1c1ccc(OC(F)F)cc1. The summed E-state index contributed by atoms with van der Waals surface area (Å²) < 4.78 is 28.9. The van der Waals surface area contributed by atoms with Crippen LogP contribution in [0.2, 0.25) is 0 Å². The summed E-state index contributed by atoms with van der Waals surface area (Å²) in [5, 5.41) is 12.6. The zero-order valence-corrected chi connectivity index (χ0v) is 16.0. The number of carbonyl (C=O) groups is 1. The number of nitrogens with one attached hydrogen (secondary N) is 1. The number of amides is 1. The predicted octanol–water partition coefficient (Wildman–Crippen LogP) is 3.81. The number of pyridine rings is 1. The molecule has 150 valence electrons. The summed E-state index contributed by atoms with van der Waals surface area (Å²) in [5.74, 6) is -0.0489. The predicted molar refractivity (Wildman–Crippen MR) is 105 cm³/mol. The first-order chi connectivity index (χ1) is 14.1. The van der Waals surface area contributed by atoms with Gasteiger partial charge in [-0.1, -0.05) is 17.4 Å². The van der Waals surface area contributed by atoms with Crippen LogP contribution in [0.5, 0.6) is 5.75 Å². The Morgan fingerprint density at radius 2 is 2.00 bits per heavy atom. The Balaban J connectivity index is 1.44. The first kappa shape index (κ1) is 19.2. The molecule has 1 amide bonds. The summed E-state index contributed by atoms with van der Waals surface area (Å²) in [5.41, 5.74) is 1.36. The fourth-order valence-corrected chi connectivity index (χ4v) is 3.87. The van der Waals surface area contributed by atoms with Crippen LogP contribution in [0.1, 0.15) is 12.8 Å². The second kappa shape index (κ2) is 8.48. The van der Waals surface area contributed by atoms with Gasteiger partial charge in [-0.2, -0.15) is 8.78 Å². The number of anilines is 2. The molecule has 0 aliphatic carbocycles. The number of aromatic nitrogens is 3. The van der Waals surface area contributed by atoms with Gasteiger partial charge in [0.2, 0.25) is 11.0 Å². The zero-order chi connectivity index (χ0) is 20.2. The van der Waals surface area contributed by atoms with Crippen LogP contribution in [0.4, 0.5) is 19.6 Å². The standard InChI is InChI=1S/C19H17F2N5O2S/c20-18(21)28-13-8-6-12(7-9-13)26-11-3-5-15(17(26)27)23-19-25-24-16(29-19)14-4-1-2-10-22-14/h1-2,4,6-10,15,18H,3,5,11H2,(H,23,25). The molecule has 1 aromatic carbocycles. The molecule has 1 fully saturated rings. The lowest BCUT2D eigenvalue weighted by molar-refractivity contribution is -0.120. The summed E-state index contributed by atoms with van der Waals surface area (Å²) >= 11 is 1.33. The minimum atomic E-state index is -2.88. The maximum absolute atomic E-state index is 12.9. The van der Waals surface area contributed by atoms with Gasteiger partial charge in [-0.3, -0.25) is 9.78 Å². The number of halogens is 2. The van der Waals surface area contributed by atoms with Crippen molar-refractivity contribution in [3.8, 4) is 16.5 Å². The van der Waals surface area contributed by atoms with Crippen molar-refractivity contribution in [2.45, 2.75) is 25.5 Å². The Kier molecular flexibility index (Phi) is 5.61. The van der Waals surface area contributed by atoms with Gasteiger partial charge in [0.25, 0.3) is 0 Å². The number of hydrogen-bond acceptors (Lipinski definition) is 7. The Labute approximate surface area is 169 Å². The maximum atomic E-state index is 12.9. The number of rotatable bonds is 6. The molecule has 2 aromatic heterocycles. The van der Waals surface area contributed by atoms with Crippen molar-refractivity contribution in [3.05, 3.63) is 48.7 Å². The highest BCUT2D eigenvalue weighted by atomic mass is 32.1. The normalized spacial score (nSPS) is 16.9. The highest BCUT2D eigenvalue weighted by molar-refractivity contribution is 7.18. The fraction of sp³-hybridized carbons (Fsp3) is 0.263. The molecule has 0 bridgehead atoms. The lowest BCUT2D eigenvalue weighted by Crippen LogP contribution is -2.47. The molecule has 0 radical (unpaired) electrons. The third-order valence-corrected chi connectivity index (χ3v) is 5.30. The third-order valence-electron chi connectivity index (χ3n) is 4.42. The molecule has 0 saturated carbocycles. The average molecular weight is 417 g/mol. The van der Waals surface area contributed by atoms with E-state index in [4.69, 9.17) is 0 Å². The van der Waals surface area contributed by atoms with Crippen LogP contribution in [-0.2, 0) is 4.79 Å². The van der Waals surface area contributed by atoms with E-state index in [1.54, 1.807) is 23.2 Å². The summed E-state index contributed by atoms with van der Waals surface area (Å²) in [7, 11) is 0. The van der Waals surface area contributed by atoms with Crippen molar-refractivity contribution < 1.29 is 18.3 Å². The second-order valence-electron chi connectivity index (χ2n) is 6.33. The second-order valence-corrected chi connectivity index (χ2v) is 7.31. The quantitative estimate of drug-likeness (QED) is 0.657. The molecule has 1 aliphatic rings. The van der Waals surface area contributed by atoms with E-state index in [0.717, 1.165) is 12.1 Å². The molecular weight excluding hydrogens is 400 g/mol. The lowest BCUT2D eigenvalue weighted by Gasteiger charge is -2.32. The molecule has 29 heavy (non-hydrogen) atoms. The van der Waals surface area contributed by atoms with Gasteiger partial charge >= 0.3 is 6.61 Å². The summed E-state index contributed by atoms with van der Waals surface area (Å²) in [6.07, 6.45) is 3.15. The molecule has 7 nitrogen and oxygen atoms in total. The number of benzene rings is 1. The molecule has 10 heteroatoms. The van der Waals surface area contributed by atoms with Gasteiger partial charge in [0.05, 0.1) is 0 Å². The molecule has 1 unspecified atom stereocenters. The van der Waals surface area contributed by atoms with E-state index in [1.165, 1.54) is 23.5 Å². The van der Waals surface area contributed by atoms with Crippen molar-refractivity contribution in [2.24, 2.45) is 0 Å². The van der Waals surface area contributed by atoms with Crippen LogP contribution in [0.15, 0.2) is 48.7 Å². The Morgan fingerprint density at radius 1 is 1.17 bits per heavy atom. The largest absolute Gasteiger partial charge is 0.435 e. The molecule has 3 aromatic rings. The third kappa shape index (κ3) is 4.48. The summed E-state index contributed by atoms with van der Waals surface area (Å²) in [4.78, 5) is 18.8. The molecular formula is C19H17F2N5O2S. The number of ether oxygens (including phenoxy) is 1. The van der Waals surface area contributed by atoms with E-state index < -0.39 is 12.7 Å². The van der Waals surface area contributed by atoms with Gasteiger partial charge in [0.1, 0.15) is 17.5 Å². The minimum Gasteiger partial charge on any atom is -0.435 e. The minimum absolute atomic E-state index is 0.0544. The van der Waals surface area contributed by atoms with Gasteiger partial charge in [0, 0.05) is 18.4 Å². The van der Waals surface area contributed by atoms with Crippen LogP contribution in [0.25, 0.3) is 10.7 Å². The number of carbonyl (C=O) groups excluding carboxylic acids is 1. The molecule has 0 spiro atoms. The fourth-order valence-electron chi connectivity index (χ4n) is 3.10. The molecule has 4 rings (SSSR count). The highest BCUT2D eigenvalue weighted by Crippen LogP contribution is 2.28. The van der Waals surface area contributed by atoms with Crippen LogP contribution >= 0.6 is 11.3 Å². The Morgan fingerprint density at radius 3 is 2.72 bits per heavy atom. The zero-order valence-electron chi connectivity index (χ0n) is 15.2. The summed E-state index contributed by atoms with van der Waals surface area (Å²) in [6.45, 7) is -2.32. The van der Waals surface area contributed by atoms with Gasteiger partial charge in [-0.25, -0.2) is 0 Å². The molecule has 1 atom stereocenters. The Bertz CT molecular complexity index is 968. The van der Waals surface area contributed by atoms with Crippen LogP contribution in [0.3, 0.4) is 0 Å². The van der Waals surface area contributed by atoms with E-state index >= 15 is 0 Å². The van der Waals surface area contributed by atoms with Crippen molar-refractivity contribution in [2.75, 3.05) is 16.8 Å². The van der Waals surface area contributed by atoms with E-state index in [1.807, 2.05) is 18.2 Å². The smallest absolute Gasteiger partial charge is 0.387 e. The summed E-state index contributed by atoms with van der Waals surface area (Å²) in [6, 6.07) is 11.2. The number of nitrogens with zero attached hydrogens (tertiary/aromatic N) is 4. The monoisotopic (exact) mass is 417 g/mol. The topological polar surface area (TPSA) is 80.2 Å². The van der Waals surface area contributed by atoms with Gasteiger partial charge in [-0.15, -0.1) is 10.2 Å². The van der Waals surface area contributed by atoms with Crippen molar-refractivity contribution in [1.29, 1.82) is 0 Å². The van der Waals surface area contributed by atoms with E-state index in [9.17, 15) is 13.6 Å². The van der Waals surface area contributed by atoms with Crippen molar-refractivity contribution >= 4 is 28.1 Å². The van der Waals surface area contributed by atoms with Crippen LogP contribution < -0.4 is 15.0 Å². The van der Waals surface area contributed by atoms with Crippen molar-refractivity contribution in [3.63, 3.8) is 0 Å². The molecule has 1 aliphatic heterocycles. The average Bonchev–Trinajstić information content (AvgIpc) is 3.19. The Hall–Kier alpha value is -3.14. The van der Waals surface area contributed by atoms with Gasteiger partial charge in [0.15, 0.2) is 5.01 Å². The molecule has 1 saturated heterocycles.